The van der Waals surface area contributed by atoms with Crippen LogP contribution in [0.3, 0.4) is 0 Å². The molecule has 0 radical (unpaired) electrons. The van der Waals surface area contributed by atoms with E-state index in [-0.39, 0.29) is 6.04 Å². The molecule has 1 aromatic heterocycles. The van der Waals surface area contributed by atoms with E-state index in [1.807, 2.05) is 18.2 Å². The van der Waals surface area contributed by atoms with Crippen LogP contribution in [-0.4, -0.2) is 7.11 Å². The van der Waals surface area contributed by atoms with E-state index in [2.05, 4.69) is 24.3 Å². The van der Waals surface area contributed by atoms with Gasteiger partial charge in [-0.2, -0.15) is 0 Å². The fraction of sp³-hybridized carbons (Fsp3) is 0.364. The van der Waals surface area contributed by atoms with E-state index in [9.17, 15) is 0 Å². The summed E-state index contributed by atoms with van der Waals surface area (Å²) in [4.78, 5) is 0. The number of fused-ring (bicyclic) bond motifs is 1. The second-order valence-electron chi connectivity index (χ2n) is 7.00. The van der Waals surface area contributed by atoms with Crippen molar-refractivity contribution in [1.29, 1.82) is 0 Å². The zero-order valence-corrected chi connectivity index (χ0v) is 14.7. The van der Waals surface area contributed by atoms with Crippen LogP contribution in [0.4, 0.5) is 0 Å². The van der Waals surface area contributed by atoms with Gasteiger partial charge in [0.15, 0.2) is 0 Å². The molecule has 130 valence electrons. The van der Waals surface area contributed by atoms with Crippen molar-refractivity contribution < 1.29 is 9.15 Å². The van der Waals surface area contributed by atoms with E-state index in [4.69, 9.17) is 14.9 Å². The van der Waals surface area contributed by atoms with Crippen LogP contribution in [0, 0.1) is 0 Å². The number of hydrogen-bond acceptors (Lipinski definition) is 3. The molecule has 1 aliphatic carbocycles. The highest BCUT2D eigenvalue weighted by molar-refractivity contribution is 5.84. The van der Waals surface area contributed by atoms with Crippen molar-refractivity contribution in [2.45, 2.75) is 44.1 Å². The second-order valence-corrected chi connectivity index (χ2v) is 7.00. The molecule has 0 spiro atoms. The van der Waals surface area contributed by atoms with E-state index in [0.29, 0.717) is 5.92 Å². The Kier molecular flexibility index (Phi) is 4.50. The number of ether oxygens (including phenoxy) is 1. The summed E-state index contributed by atoms with van der Waals surface area (Å²) >= 11 is 0. The van der Waals surface area contributed by atoms with E-state index in [1.165, 1.54) is 37.7 Å². The zero-order chi connectivity index (χ0) is 17.2. The Balaban J connectivity index is 1.74. The molecule has 25 heavy (non-hydrogen) atoms. The molecule has 3 nitrogen and oxygen atoms in total. The van der Waals surface area contributed by atoms with Crippen molar-refractivity contribution in [3.05, 3.63) is 65.6 Å². The lowest BCUT2D eigenvalue weighted by atomic mass is 9.83. The summed E-state index contributed by atoms with van der Waals surface area (Å²) in [5.41, 5.74) is 9.01. The van der Waals surface area contributed by atoms with Crippen molar-refractivity contribution in [2.75, 3.05) is 7.11 Å². The molecular formula is C22H25NO2. The molecule has 1 unspecified atom stereocenters. The Morgan fingerprint density at radius 2 is 1.88 bits per heavy atom. The van der Waals surface area contributed by atoms with Crippen molar-refractivity contribution in [2.24, 2.45) is 5.73 Å². The summed E-state index contributed by atoms with van der Waals surface area (Å²) in [6.07, 6.45) is 8.32. The lowest BCUT2D eigenvalue weighted by Crippen LogP contribution is -2.14. The minimum Gasteiger partial charge on any atom is -0.496 e. The van der Waals surface area contributed by atoms with Gasteiger partial charge in [-0.05, 0) is 36.5 Å². The van der Waals surface area contributed by atoms with Crippen LogP contribution in [0.15, 0.2) is 53.1 Å². The molecule has 0 bridgehead atoms. The van der Waals surface area contributed by atoms with Crippen molar-refractivity contribution >= 4 is 10.8 Å². The third kappa shape index (κ3) is 3.05. The zero-order valence-electron chi connectivity index (χ0n) is 14.7. The van der Waals surface area contributed by atoms with Gasteiger partial charge in [0.25, 0.3) is 0 Å². The molecule has 1 fully saturated rings. The predicted octanol–water partition coefficient (Wildman–Crippen LogP) is 5.54. The first-order valence-corrected chi connectivity index (χ1v) is 9.17. The Bertz CT molecular complexity index is 861. The number of hydrogen-bond donors (Lipinski definition) is 1. The van der Waals surface area contributed by atoms with Gasteiger partial charge in [-0.15, -0.1) is 0 Å². The fourth-order valence-electron chi connectivity index (χ4n) is 4.08. The van der Waals surface area contributed by atoms with Gasteiger partial charge in [0, 0.05) is 16.3 Å². The second kappa shape index (κ2) is 6.93. The normalized spacial score (nSPS) is 16.9. The highest BCUT2D eigenvalue weighted by atomic mass is 16.5. The number of rotatable bonds is 4. The molecule has 0 amide bonds. The van der Waals surface area contributed by atoms with Gasteiger partial charge in [-0.25, -0.2) is 0 Å². The van der Waals surface area contributed by atoms with Crippen LogP contribution in [0.2, 0.25) is 0 Å². The number of methoxy groups -OCH3 is 1. The lowest BCUT2D eigenvalue weighted by molar-refractivity contribution is 0.401. The number of nitrogens with two attached hydrogens (primary N) is 1. The average molecular weight is 335 g/mol. The van der Waals surface area contributed by atoms with E-state index in [1.54, 1.807) is 13.4 Å². The number of benzene rings is 2. The topological polar surface area (TPSA) is 48.4 Å². The maximum atomic E-state index is 6.63. The summed E-state index contributed by atoms with van der Waals surface area (Å²) in [7, 11) is 1.70. The smallest absolute Gasteiger partial charge is 0.132 e. The van der Waals surface area contributed by atoms with Crippen LogP contribution in [0.1, 0.15) is 61.0 Å². The van der Waals surface area contributed by atoms with E-state index >= 15 is 0 Å². The molecule has 3 heteroatoms. The largest absolute Gasteiger partial charge is 0.496 e. The Morgan fingerprint density at radius 3 is 2.68 bits per heavy atom. The Labute approximate surface area is 148 Å². The van der Waals surface area contributed by atoms with Crippen LogP contribution in [0.25, 0.3) is 10.8 Å². The Hall–Kier alpha value is -2.26. The lowest BCUT2D eigenvalue weighted by Gasteiger charge is -2.24. The van der Waals surface area contributed by atoms with Gasteiger partial charge in [0.1, 0.15) is 11.5 Å². The van der Waals surface area contributed by atoms with Crippen molar-refractivity contribution in [1.82, 2.24) is 0 Å². The fourth-order valence-corrected chi connectivity index (χ4v) is 4.08. The van der Waals surface area contributed by atoms with Gasteiger partial charge in [-0.3, -0.25) is 0 Å². The van der Waals surface area contributed by atoms with E-state index < -0.39 is 0 Å². The summed E-state index contributed by atoms with van der Waals surface area (Å²) < 4.78 is 11.4. The standard InChI is InChI=1S/C22H25NO2/c1-24-20-12-11-16(15-7-3-2-4-8-15)13-19(20)21(23)22-18-10-6-5-9-17(18)14-25-22/h5-6,9-15,21H,2-4,7-8,23H2,1H3. The van der Waals surface area contributed by atoms with Gasteiger partial charge in [0.2, 0.25) is 0 Å². The highest BCUT2D eigenvalue weighted by Gasteiger charge is 2.23. The number of furan rings is 1. The third-order valence-electron chi connectivity index (χ3n) is 5.49. The third-order valence-corrected chi connectivity index (χ3v) is 5.49. The summed E-state index contributed by atoms with van der Waals surface area (Å²) in [6.45, 7) is 0. The monoisotopic (exact) mass is 335 g/mol. The maximum Gasteiger partial charge on any atom is 0.132 e. The molecule has 4 rings (SSSR count). The summed E-state index contributed by atoms with van der Waals surface area (Å²) in [5, 5.41) is 2.15. The highest BCUT2D eigenvalue weighted by Crippen LogP contribution is 2.38. The molecule has 1 saturated carbocycles. The van der Waals surface area contributed by atoms with Crippen LogP contribution in [0.5, 0.6) is 5.75 Å². The molecule has 1 heterocycles. The first-order chi connectivity index (χ1) is 12.3. The molecule has 2 aromatic carbocycles. The van der Waals surface area contributed by atoms with E-state index in [0.717, 1.165) is 27.8 Å². The van der Waals surface area contributed by atoms with Gasteiger partial charge in [-0.1, -0.05) is 49.6 Å². The van der Waals surface area contributed by atoms with Crippen molar-refractivity contribution in [3.8, 4) is 5.75 Å². The minimum atomic E-state index is -0.335. The van der Waals surface area contributed by atoms with Crippen LogP contribution >= 0.6 is 0 Å². The molecule has 2 N–H and O–H groups in total. The summed E-state index contributed by atoms with van der Waals surface area (Å²) in [6, 6.07) is 14.3. The average Bonchev–Trinajstić information content (AvgIpc) is 3.12. The van der Waals surface area contributed by atoms with Crippen LogP contribution in [-0.2, 0) is 0 Å². The van der Waals surface area contributed by atoms with Gasteiger partial charge in [0.05, 0.1) is 19.4 Å². The molecular weight excluding hydrogens is 310 g/mol. The molecule has 1 atom stereocenters. The minimum absolute atomic E-state index is 0.335. The van der Waals surface area contributed by atoms with Gasteiger partial charge >= 0.3 is 0 Å². The summed E-state index contributed by atoms with van der Waals surface area (Å²) in [5.74, 6) is 2.26. The van der Waals surface area contributed by atoms with Gasteiger partial charge < -0.3 is 14.9 Å². The quantitative estimate of drug-likeness (QED) is 0.681. The first kappa shape index (κ1) is 16.2. The first-order valence-electron chi connectivity index (χ1n) is 9.17. The maximum absolute atomic E-state index is 6.63. The Morgan fingerprint density at radius 1 is 1.08 bits per heavy atom. The molecule has 3 aromatic rings. The molecule has 0 aliphatic heterocycles. The van der Waals surface area contributed by atoms with Crippen molar-refractivity contribution in [3.63, 3.8) is 0 Å². The molecule has 1 aliphatic rings. The molecule has 0 saturated heterocycles. The SMILES string of the molecule is COc1ccc(C2CCCCC2)cc1C(N)c1occ2ccccc12. The van der Waals surface area contributed by atoms with Crippen LogP contribution < -0.4 is 10.5 Å². The predicted molar refractivity (Wildman–Crippen MR) is 101 cm³/mol.